The van der Waals surface area contributed by atoms with Crippen LogP contribution in [0, 0.1) is 13.8 Å². The summed E-state index contributed by atoms with van der Waals surface area (Å²) in [6, 6.07) is 20.4. The zero-order valence-electron chi connectivity index (χ0n) is 23.4. The number of Topliss-reactive ketones (excluding diaryl/α,β-unsaturated/α-hetero) is 1. The average molecular weight is 585 g/mol. The number of aryl methyl sites for hydroxylation is 2. The van der Waals surface area contributed by atoms with E-state index in [2.05, 4.69) is 4.98 Å². The molecule has 0 aliphatic carbocycles. The SMILES string of the molecule is COC(=O)c1sc(N2C(=O)C(=O)C(=C(O)c3ccc(OCc4ccccc4C)cc3)C2c2cccc(OC)c2)nc1C. The van der Waals surface area contributed by atoms with Gasteiger partial charge in [-0.2, -0.15) is 0 Å². The van der Waals surface area contributed by atoms with Crippen molar-refractivity contribution in [1.82, 2.24) is 4.98 Å². The van der Waals surface area contributed by atoms with Gasteiger partial charge in [-0.05, 0) is 66.9 Å². The molecule has 0 radical (unpaired) electrons. The van der Waals surface area contributed by atoms with Crippen LogP contribution in [0.1, 0.15) is 43.7 Å². The number of esters is 1. The second-order valence-corrected chi connectivity index (χ2v) is 10.6. The number of rotatable bonds is 8. The van der Waals surface area contributed by atoms with Crippen molar-refractivity contribution in [2.75, 3.05) is 19.1 Å². The zero-order chi connectivity index (χ0) is 30.0. The van der Waals surface area contributed by atoms with Gasteiger partial charge in [0.05, 0.1) is 31.5 Å². The van der Waals surface area contributed by atoms with Gasteiger partial charge in [0.25, 0.3) is 5.78 Å². The lowest BCUT2D eigenvalue weighted by Crippen LogP contribution is -2.29. The van der Waals surface area contributed by atoms with Crippen LogP contribution < -0.4 is 14.4 Å². The maximum atomic E-state index is 13.5. The lowest BCUT2D eigenvalue weighted by atomic mass is 9.95. The summed E-state index contributed by atoms with van der Waals surface area (Å²) in [7, 11) is 2.76. The molecular formula is C32H28N2O7S. The molecule has 5 rings (SSSR count). The van der Waals surface area contributed by atoms with E-state index in [1.165, 1.54) is 19.1 Å². The highest BCUT2D eigenvalue weighted by molar-refractivity contribution is 7.17. The summed E-state index contributed by atoms with van der Waals surface area (Å²) in [5.74, 6) is -1.64. The monoisotopic (exact) mass is 584 g/mol. The lowest BCUT2D eigenvalue weighted by Gasteiger charge is -2.23. The van der Waals surface area contributed by atoms with Gasteiger partial charge >= 0.3 is 11.9 Å². The number of ketones is 1. The Morgan fingerprint density at radius 1 is 0.976 bits per heavy atom. The molecule has 1 atom stereocenters. The number of carbonyl (C=O) groups excluding carboxylic acids is 3. The summed E-state index contributed by atoms with van der Waals surface area (Å²) in [5, 5.41) is 11.6. The Morgan fingerprint density at radius 3 is 2.40 bits per heavy atom. The van der Waals surface area contributed by atoms with Gasteiger partial charge in [-0.25, -0.2) is 9.78 Å². The maximum Gasteiger partial charge on any atom is 0.350 e. The Bertz CT molecular complexity index is 1710. The number of amides is 1. The van der Waals surface area contributed by atoms with E-state index in [4.69, 9.17) is 14.2 Å². The van der Waals surface area contributed by atoms with Gasteiger partial charge in [0.15, 0.2) is 5.13 Å². The van der Waals surface area contributed by atoms with Crippen molar-refractivity contribution in [3.05, 3.63) is 111 Å². The Balaban J connectivity index is 1.55. The number of methoxy groups -OCH3 is 2. The Labute approximate surface area is 246 Å². The number of aliphatic hydroxyl groups is 1. The van der Waals surface area contributed by atoms with Crippen molar-refractivity contribution in [1.29, 1.82) is 0 Å². The number of anilines is 1. The molecule has 2 heterocycles. The minimum Gasteiger partial charge on any atom is -0.507 e. The first kappa shape index (κ1) is 28.6. The molecule has 1 unspecified atom stereocenters. The van der Waals surface area contributed by atoms with E-state index in [0.29, 0.717) is 34.9 Å². The van der Waals surface area contributed by atoms with Crippen LogP contribution in [0.2, 0.25) is 0 Å². The molecule has 1 N–H and O–H groups in total. The van der Waals surface area contributed by atoms with Crippen LogP contribution in [-0.4, -0.2) is 42.0 Å². The van der Waals surface area contributed by atoms with Crippen LogP contribution in [0.25, 0.3) is 5.76 Å². The number of nitrogens with zero attached hydrogens (tertiary/aromatic N) is 2. The quantitative estimate of drug-likeness (QED) is 0.120. The van der Waals surface area contributed by atoms with Gasteiger partial charge in [-0.3, -0.25) is 14.5 Å². The summed E-state index contributed by atoms with van der Waals surface area (Å²) in [6.07, 6.45) is 0. The molecule has 0 bridgehead atoms. The minimum atomic E-state index is -1.03. The molecule has 1 fully saturated rings. The van der Waals surface area contributed by atoms with Crippen molar-refractivity contribution >= 4 is 39.9 Å². The van der Waals surface area contributed by atoms with Gasteiger partial charge in [0.1, 0.15) is 28.7 Å². The fraction of sp³-hybridized carbons (Fsp3) is 0.188. The van der Waals surface area contributed by atoms with Crippen molar-refractivity contribution in [3.63, 3.8) is 0 Å². The number of thiazole rings is 1. The molecule has 42 heavy (non-hydrogen) atoms. The molecule has 1 aliphatic heterocycles. The smallest absolute Gasteiger partial charge is 0.350 e. The van der Waals surface area contributed by atoms with Gasteiger partial charge in [0.2, 0.25) is 0 Å². The maximum absolute atomic E-state index is 13.5. The average Bonchev–Trinajstić information content (AvgIpc) is 3.52. The Hall–Kier alpha value is -4.96. The van der Waals surface area contributed by atoms with E-state index >= 15 is 0 Å². The van der Waals surface area contributed by atoms with Crippen LogP contribution in [0.5, 0.6) is 11.5 Å². The molecule has 3 aromatic carbocycles. The normalized spacial score (nSPS) is 16.0. The standard InChI is InChI=1S/C32H28N2O7S/c1-18-8-5-6-9-22(18)17-41-23-14-12-20(13-15-23)27(35)25-26(21-10-7-11-24(16-21)39-3)34(30(37)28(25)36)32-33-19(2)29(42-32)31(38)40-4/h5-16,26,35H,17H2,1-4H3. The van der Waals surface area contributed by atoms with Crippen LogP contribution in [0.4, 0.5) is 5.13 Å². The molecule has 1 aromatic heterocycles. The molecule has 10 heteroatoms. The molecule has 9 nitrogen and oxygen atoms in total. The predicted molar refractivity (Wildman–Crippen MR) is 158 cm³/mol. The van der Waals surface area contributed by atoms with Crippen LogP contribution in [-0.2, 0) is 20.9 Å². The van der Waals surface area contributed by atoms with Crippen molar-refractivity contribution in [2.45, 2.75) is 26.5 Å². The summed E-state index contributed by atoms with van der Waals surface area (Å²) < 4.78 is 16.1. The topological polar surface area (TPSA) is 115 Å². The first-order valence-corrected chi connectivity index (χ1v) is 13.8. The Morgan fingerprint density at radius 2 is 1.71 bits per heavy atom. The predicted octanol–water partition coefficient (Wildman–Crippen LogP) is 5.76. The van der Waals surface area contributed by atoms with E-state index < -0.39 is 23.7 Å². The van der Waals surface area contributed by atoms with E-state index in [-0.39, 0.29) is 21.3 Å². The molecule has 1 aliphatic rings. The highest BCUT2D eigenvalue weighted by atomic mass is 32.1. The summed E-state index contributed by atoms with van der Waals surface area (Å²) >= 11 is 0.935. The lowest BCUT2D eigenvalue weighted by molar-refractivity contribution is -0.132. The first-order valence-electron chi connectivity index (χ1n) is 13.0. The minimum absolute atomic E-state index is 0.116. The van der Waals surface area contributed by atoms with E-state index in [0.717, 1.165) is 22.5 Å². The van der Waals surface area contributed by atoms with Gasteiger partial charge in [-0.15, -0.1) is 0 Å². The first-order chi connectivity index (χ1) is 20.2. The summed E-state index contributed by atoms with van der Waals surface area (Å²) in [6.45, 7) is 4.00. The van der Waals surface area contributed by atoms with Crippen molar-refractivity contribution in [2.24, 2.45) is 0 Å². The molecule has 1 saturated heterocycles. The fourth-order valence-corrected chi connectivity index (χ4v) is 5.73. The van der Waals surface area contributed by atoms with Crippen molar-refractivity contribution < 1.29 is 33.7 Å². The van der Waals surface area contributed by atoms with E-state index in [1.54, 1.807) is 55.5 Å². The number of hydrogen-bond acceptors (Lipinski definition) is 9. The third-order valence-corrected chi connectivity index (χ3v) is 8.14. The number of aromatic nitrogens is 1. The van der Waals surface area contributed by atoms with Gasteiger partial charge in [0, 0.05) is 5.56 Å². The number of ether oxygens (including phenoxy) is 3. The molecule has 214 valence electrons. The molecule has 0 saturated carbocycles. The molecule has 0 spiro atoms. The number of carbonyl (C=O) groups is 3. The van der Waals surface area contributed by atoms with E-state index in [9.17, 15) is 19.5 Å². The van der Waals surface area contributed by atoms with Crippen LogP contribution in [0.3, 0.4) is 0 Å². The summed E-state index contributed by atoms with van der Waals surface area (Å²) in [4.78, 5) is 45.1. The van der Waals surface area contributed by atoms with Gasteiger partial charge in [-0.1, -0.05) is 47.7 Å². The van der Waals surface area contributed by atoms with Crippen LogP contribution in [0.15, 0.2) is 78.4 Å². The zero-order valence-corrected chi connectivity index (χ0v) is 24.2. The third-order valence-electron chi connectivity index (χ3n) is 7.00. The second-order valence-electron chi connectivity index (χ2n) is 9.59. The van der Waals surface area contributed by atoms with Crippen LogP contribution >= 0.6 is 11.3 Å². The fourth-order valence-electron chi connectivity index (χ4n) is 4.72. The molecule has 1 amide bonds. The highest BCUT2D eigenvalue weighted by Crippen LogP contribution is 2.44. The number of hydrogen-bond donors (Lipinski definition) is 1. The van der Waals surface area contributed by atoms with E-state index in [1.807, 2.05) is 31.2 Å². The second kappa shape index (κ2) is 11.9. The molecular weight excluding hydrogens is 556 g/mol. The summed E-state index contributed by atoms with van der Waals surface area (Å²) in [5.41, 5.74) is 3.25. The Kier molecular flexibility index (Phi) is 8.08. The highest BCUT2D eigenvalue weighted by Gasteiger charge is 2.48. The third kappa shape index (κ3) is 5.36. The van der Waals surface area contributed by atoms with Gasteiger partial charge < -0.3 is 19.3 Å². The number of benzene rings is 3. The number of aliphatic hydroxyl groups excluding tert-OH is 1. The van der Waals surface area contributed by atoms with Crippen molar-refractivity contribution in [3.8, 4) is 11.5 Å². The largest absolute Gasteiger partial charge is 0.507 e. The molecule has 4 aromatic rings.